The molecule has 0 amide bonds. The average Bonchev–Trinajstić information content (AvgIpc) is 2.94. The Kier molecular flexibility index (Phi) is 9.82. The van der Waals surface area contributed by atoms with Crippen molar-refractivity contribution in [2.45, 2.75) is 84.0 Å². The maximum Gasteiger partial charge on any atom is 0.166 e. The van der Waals surface area contributed by atoms with Crippen LogP contribution < -0.4 is 0 Å². The molecule has 0 aromatic heterocycles. The van der Waals surface area contributed by atoms with E-state index < -0.39 is 23.3 Å². The van der Waals surface area contributed by atoms with Crippen molar-refractivity contribution in [3.63, 3.8) is 0 Å². The minimum absolute atomic E-state index is 0.0432. The van der Waals surface area contributed by atoms with Crippen LogP contribution in [0.15, 0.2) is 60.7 Å². The Hall–Kier alpha value is -2.88. The number of hydrogen-bond acceptors (Lipinski definition) is 0. The van der Waals surface area contributed by atoms with E-state index in [1.165, 1.54) is 0 Å². The van der Waals surface area contributed by atoms with E-state index in [0.717, 1.165) is 57.8 Å². The van der Waals surface area contributed by atoms with Crippen LogP contribution in [0.3, 0.4) is 0 Å². The molecule has 202 valence electrons. The van der Waals surface area contributed by atoms with Gasteiger partial charge in [0.25, 0.3) is 0 Å². The normalized spacial score (nSPS) is 17.8. The summed E-state index contributed by atoms with van der Waals surface area (Å²) >= 11 is 0. The zero-order valence-corrected chi connectivity index (χ0v) is 22.5. The van der Waals surface area contributed by atoms with Crippen LogP contribution in [0.1, 0.15) is 88.7 Å². The van der Waals surface area contributed by atoms with Crippen molar-refractivity contribution < 1.29 is 17.6 Å². The van der Waals surface area contributed by atoms with Gasteiger partial charge < -0.3 is 0 Å². The summed E-state index contributed by atoms with van der Waals surface area (Å²) in [4.78, 5) is 0. The maximum atomic E-state index is 15.2. The molecular formula is C34H38F4. The van der Waals surface area contributed by atoms with E-state index >= 15 is 8.78 Å². The minimum Gasteiger partial charge on any atom is -0.203 e. The second kappa shape index (κ2) is 13.3. The summed E-state index contributed by atoms with van der Waals surface area (Å²) in [6.45, 7) is 4.10. The van der Waals surface area contributed by atoms with E-state index in [4.69, 9.17) is 0 Å². The summed E-state index contributed by atoms with van der Waals surface area (Å²) < 4.78 is 59.9. The van der Waals surface area contributed by atoms with Crippen molar-refractivity contribution in [1.29, 1.82) is 0 Å². The summed E-state index contributed by atoms with van der Waals surface area (Å²) in [5, 5.41) is 0. The molecule has 0 atom stereocenters. The molecule has 0 unspecified atom stereocenters. The van der Waals surface area contributed by atoms with E-state index in [2.05, 4.69) is 19.1 Å². The Morgan fingerprint density at radius 3 is 1.92 bits per heavy atom. The zero-order valence-electron chi connectivity index (χ0n) is 22.5. The number of hydrogen-bond donors (Lipinski definition) is 0. The molecule has 1 aliphatic carbocycles. The van der Waals surface area contributed by atoms with E-state index in [-0.39, 0.29) is 17.0 Å². The fraction of sp³-hybridized carbons (Fsp3) is 0.412. The van der Waals surface area contributed by atoms with E-state index in [0.29, 0.717) is 34.6 Å². The third kappa shape index (κ3) is 6.39. The Bertz CT molecular complexity index is 1230. The summed E-state index contributed by atoms with van der Waals surface area (Å²) in [5.41, 5.74) is 2.19. The highest BCUT2D eigenvalue weighted by Gasteiger charge is 2.26. The lowest BCUT2D eigenvalue weighted by molar-refractivity contribution is 0.306. The van der Waals surface area contributed by atoms with Crippen LogP contribution in [0, 0.1) is 29.2 Å². The lowest BCUT2D eigenvalue weighted by atomic mass is 9.77. The van der Waals surface area contributed by atoms with Crippen molar-refractivity contribution in [3.8, 4) is 22.3 Å². The molecule has 0 aliphatic heterocycles. The lowest BCUT2D eigenvalue weighted by Crippen LogP contribution is -2.15. The van der Waals surface area contributed by atoms with Gasteiger partial charge in [-0.15, -0.1) is 0 Å². The largest absolute Gasteiger partial charge is 0.203 e. The van der Waals surface area contributed by atoms with E-state index in [9.17, 15) is 8.78 Å². The highest BCUT2D eigenvalue weighted by Crippen LogP contribution is 2.40. The van der Waals surface area contributed by atoms with Crippen molar-refractivity contribution in [3.05, 3.63) is 95.1 Å². The van der Waals surface area contributed by atoms with Crippen molar-refractivity contribution in [2.24, 2.45) is 5.92 Å². The van der Waals surface area contributed by atoms with E-state index in [1.807, 2.05) is 6.92 Å². The number of unbranched alkanes of at least 4 members (excludes halogenated alkanes) is 2. The number of benzene rings is 3. The van der Waals surface area contributed by atoms with Crippen LogP contribution in [-0.4, -0.2) is 0 Å². The fourth-order valence-electron chi connectivity index (χ4n) is 5.76. The van der Waals surface area contributed by atoms with Gasteiger partial charge in [0.15, 0.2) is 23.3 Å². The molecule has 0 nitrogen and oxygen atoms in total. The predicted octanol–water partition coefficient (Wildman–Crippen LogP) is 10.9. The topological polar surface area (TPSA) is 0 Å². The molecule has 4 rings (SSSR count). The first-order chi connectivity index (χ1) is 18.4. The fourth-order valence-corrected chi connectivity index (χ4v) is 5.76. The van der Waals surface area contributed by atoms with Gasteiger partial charge in [-0.25, -0.2) is 17.6 Å². The lowest BCUT2D eigenvalue weighted by Gasteiger charge is -2.29. The van der Waals surface area contributed by atoms with Crippen LogP contribution in [0.2, 0.25) is 0 Å². The first kappa shape index (κ1) is 28.1. The third-order valence-electron chi connectivity index (χ3n) is 8.09. The molecule has 0 radical (unpaired) electrons. The van der Waals surface area contributed by atoms with Gasteiger partial charge in [-0.3, -0.25) is 0 Å². The van der Waals surface area contributed by atoms with Gasteiger partial charge in [0.2, 0.25) is 0 Å². The first-order valence-electron chi connectivity index (χ1n) is 14.1. The van der Waals surface area contributed by atoms with Gasteiger partial charge in [-0.2, -0.15) is 0 Å². The molecule has 0 spiro atoms. The molecule has 38 heavy (non-hydrogen) atoms. The maximum absolute atomic E-state index is 15.2. The molecule has 1 saturated carbocycles. The summed E-state index contributed by atoms with van der Waals surface area (Å²) in [7, 11) is 0. The van der Waals surface area contributed by atoms with Gasteiger partial charge in [0.1, 0.15) is 0 Å². The second-order valence-corrected chi connectivity index (χ2v) is 10.6. The SMILES string of the molecule is CC=CCCC1CCC(c2ccc(-c3ccc(-c4ccc(CCCCC)c(F)c4F)cc3)c(F)c2F)CC1. The van der Waals surface area contributed by atoms with Crippen molar-refractivity contribution in [1.82, 2.24) is 0 Å². The smallest absolute Gasteiger partial charge is 0.166 e. The van der Waals surface area contributed by atoms with Crippen LogP contribution >= 0.6 is 0 Å². The van der Waals surface area contributed by atoms with Crippen LogP contribution in [0.4, 0.5) is 17.6 Å². The van der Waals surface area contributed by atoms with Gasteiger partial charge in [-0.1, -0.05) is 80.4 Å². The third-order valence-corrected chi connectivity index (χ3v) is 8.09. The molecule has 1 aliphatic rings. The standard InChI is InChI=1S/C34H38F4/c1-3-5-7-9-23-11-13-24(14-12-23)29-21-22-30(34(38)33(29)37)26-17-15-25(16-18-26)28-20-19-27(10-8-6-4-2)31(35)32(28)36/h3,5,15-24H,4,6-14H2,1-2H3. The number of allylic oxidation sites excluding steroid dienone is 2. The molecule has 0 saturated heterocycles. The summed E-state index contributed by atoms with van der Waals surface area (Å²) in [5.74, 6) is -2.59. The van der Waals surface area contributed by atoms with Crippen LogP contribution in [0.5, 0.6) is 0 Å². The van der Waals surface area contributed by atoms with Crippen molar-refractivity contribution in [2.75, 3.05) is 0 Å². The molecule has 1 fully saturated rings. The number of rotatable bonds is 10. The second-order valence-electron chi connectivity index (χ2n) is 10.6. The summed E-state index contributed by atoms with van der Waals surface area (Å²) in [6.07, 6.45) is 13.7. The monoisotopic (exact) mass is 522 g/mol. The van der Waals surface area contributed by atoms with Gasteiger partial charge in [0, 0.05) is 11.1 Å². The van der Waals surface area contributed by atoms with Gasteiger partial charge in [0.05, 0.1) is 0 Å². The molecular weight excluding hydrogens is 484 g/mol. The van der Waals surface area contributed by atoms with Crippen molar-refractivity contribution >= 4 is 0 Å². The molecule has 0 heterocycles. The van der Waals surface area contributed by atoms with Gasteiger partial charge in [-0.05, 0) is 92.4 Å². The highest BCUT2D eigenvalue weighted by atomic mass is 19.2. The minimum atomic E-state index is -0.870. The molecule has 3 aromatic carbocycles. The number of halogens is 4. The highest BCUT2D eigenvalue weighted by molar-refractivity contribution is 5.71. The Balaban J connectivity index is 1.48. The molecule has 3 aromatic rings. The average molecular weight is 523 g/mol. The molecule has 0 N–H and O–H groups in total. The first-order valence-corrected chi connectivity index (χ1v) is 14.1. The predicted molar refractivity (Wildman–Crippen MR) is 149 cm³/mol. The molecule has 0 bridgehead atoms. The Morgan fingerprint density at radius 1 is 0.711 bits per heavy atom. The Morgan fingerprint density at radius 2 is 1.32 bits per heavy atom. The quantitative estimate of drug-likeness (QED) is 0.141. The summed E-state index contributed by atoms with van der Waals surface area (Å²) in [6, 6.07) is 13.1. The Labute approximate surface area is 224 Å². The van der Waals surface area contributed by atoms with Gasteiger partial charge >= 0.3 is 0 Å². The van der Waals surface area contributed by atoms with Crippen LogP contribution in [0.25, 0.3) is 22.3 Å². The zero-order chi connectivity index (χ0) is 27.1. The molecule has 4 heteroatoms. The van der Waals surface area contributed by atoms with Crippen LogP contribution in [-0.2, 0) is 6.42 Å². The van der Waals surface area contributed by atoms with E-state index in [1.54, 1.807) is 48.5 Å². The number of aryl methyl sites for hydroxylation is 1.